The van der Waals surface area contributed by atoms with E-state index in [0.717, 1.165) is 17.1 Å². The molecule has 19 heavy (non-hydrogen) atoms. The summed E-state index contributed by atoms with van der Waals surface area (Å²) in [5.74, 6) is -1.06. The fraction of sp³-hybridized carbons (Fsp3) is 0.100. The van der Waals surface area contributed by atoms with E-state index in [1.54, 1.807) is 13.0 Å². The molecule has 2 rings (SSSR count). The Morgan fingerprint density at radius 1 is 1.32 bits per heavy atom. The summed E-state index contributed by atoms with van der Waals surface area (Å²) in [5.41, 5.74) is 1.25. The molecule has 0 bridgehead atoms. The first kappa shape index (κ1) is 12.9. The van der Waals surface area contributed by atoms with Crippen molar-refractivity contribution in [1.82, 2.24) is 14.8 Å². The summed E-state index contributed by atoms with van der Waals surface area (Å²) < 4.78 is 3.50. The number of hydrogen-bond donors (Lipinski definition) is 3. The van der Waals surface area contributed by atoms with Gasteiger partial charge in [-0.2, -0.15) is 0 Å². The lowest BCUT2D eigenvalue weighted by atomic mass is 10.1. The van der Waals surface area contributed by atoms with Crippen LogP contribution in [0.5, 0.6) is 0 Å². The minimum Gasteiger partial charge on any atom is -0.478 e. The van der Waals surface area contributed by atoms with Crippen molar-refractivity contribution in [3.63, 3.8) is 0 Å². The number of aryl methyl sites for hydroxylation is 1. The largest absolute Gasteiger partial charge is 0.478 e. The third-order valence-corrected chi connectivity index (χ3v) is 2.76. The number of benzene rings is 1. The Bertz CT molecular complexity index is 614. The number of carboxylic acids is 1. The van der Waals surface area contributed by atoms with Gasteiger partial charge in [-0.15, -0.1) is 0 Å². The molecule has 8 nitrogen and oxygen atoms in total. The summed E-state index contributed by atoms with van der Waals surface area (Å²) in [7, 11) is 0. The predicted molar refractivity (Wildman–Crippen MR) is 68.5 cm³/mol. The molecule has 0 aliphatic carbocycles. The number of urea groups is 1. The van der Waals surface area contributed by atoms with Crippen LogP contribution in [0.1, 0.15) is 15.9 Å². The van der Waals surface area contributed by atoms with Crippen LogP contribution in [-0.2, 0) is 0 Å². The van der Waals surface area contributed by atoms with E-state index >= 15 is 0 Å². The number of hydrogen-bond acceptors (Lipinski definition) is 6. The van der Waals surface area contributed by atoms with Crippen molar-refractivity contribution in [3.8, 4) is 0 Å². The molecule has 0 atom stereocenters. The molecular formula is C10H9N5O3S. The quantitative estimate of drug-likeness (QED) is 0.785. The normalized spacial score (nSPS) is 9.95. The number of nitrogens with zero attached hydrogens (tertiary/aromatic N) is 3. The lowest BCUT2D eigenvalue weighted by Crippen LogP contribution is -2.20. The molecule has 0 saturated heterocycles. The van der Waals surface area contributed by atoms with E-state index in [-0.39, 0.29) is 10.7 Å². The molecule has 0 spiro atoms. The topological polar surface area (TPSA) is 117 Å². The smallest absolute Gasteiger partial charge is 0.335 e. The van der Waals surface area contributed by atoms with Gasteiger partial charge in [0.25, 0.3) is 0 Å². The molecule has 0 radical (unpaired) electrons. The van der Waals surface area contributed by atoms with Crippen molar-refractivity contribution < 1.29 is 14.7 Å². The summed E-state index contributed by atoms with van der Waals surface area (Å²) in [6.45, 7) is 1.76. The van der Waals surface area contributed by atoms with Crippen LogP contribution in [0, 0.1) is 6.92 Å². The Morgan fingerprint density at radius 3 is 2.74 bits per heavy atom. The third kappa shape index (κ3) is 3.22. The molecule has 1 aromatic carbocycles. The second-order valence-electron chi connectivity index (χ2n) is 3.58. The minimum absolute atomic E-state index is 0.0958. The molecule has 1 aromatic heterocycles. The van der Waals surface area contributed by atoms with Crippen molar-refractivity contribution in [3.05, 3.63) is 29.3 Å². The molecule has 9 heteroatoms. The van der Waals surface area contributed by atoms with Crippen LogP contribution >= 0.6 is 11.5 Å². The number of nitrogens with one attached hydrogen (secondary N) is 2. The average Bonchev–Trinajstić information content (AvgIpc) is 2.84. The molecular weight excluding hydrogens is 270 g/mol. The van der Waals surface area contributed by atoms with Crippen molar-refractivity contribution in [2.75, 3.05) is 10.6 Å². The van der Waals surface area contributed by atoms with Gasteiger partial charge in [-0.05, 0) is 29.8 Å². The van der Waals surface area contributed by atoms with Gasteiger partial charge in [-0.3, -0.25) is 5.32 Å². The Kier molecular flexibility index (Phi) is 3.66. The summed E-state index contributed by atoms with van der Waals surface area (Å²) in [5, 5.41) is 21.0. The Morgan fingerprint density at radius 2 is 2.11 bits per heavy atom. The fourth-order valence-electron chi connectivity index (χ4n) is 1.32. The van der Waals surface area contributed by atoms with Crippen LogP contribution in [0.2, 0.25) is 0 Å². The second kappa shape index (κ2) is 5.40. The molecule has 98 valence electrons. The second-order valence-corrected chi connectivity index (χ2v) is 4.31. The van der Waals surface area contributed by atoms with Crippen LogP contribution in [-0.4, -0.2) is 31.9 Å². The van der Waals surface area contributed by atoms with Gasteiger partial charge in [-0.1, -0.05) is 15.7 Å². The third-order valence-electron chi connectivity index (χ3n) is 2.25. The van der Waals surface area contributed by atoms with Crippen LogP contribution in [0.25, 0.3) is 0 Å². The minimum atomic E-state index is -1.06. The van der Waals surface area contributed by atoms with Gasteiger partial charge < -0.3 is 10.4 Å². The number of aromatic nitrogens is 3. The number of anilines is 2. The van der Waals surface area contributed by atoms with E-state index < -0.39 is 12.0 Å². The maximum atomic E-state index is 11.7. The molecule has 0 fully saturated rings. The highest BCUT2D eigenvalue weighted by molar-refractivity contribution is 7.09. The highest BCUT2D eigenvalue weighted by atomic mass is 32.1. The van der Waals surface area contributed by atoms with E-state index in [2.05, 4.69) is 25.4 Å². The summed E-state index contributed by atoms with van der Waals surface area (Å²) in [4.78, 5) is 22.5. The van der Waals surface area contributed by atoms with E-state index in [1.165, 1.54) is 12.1 Å². The van der Waals surface area contributed by atoms with Gasteiger partial charge >= 0.3 is 12.0 Å². The highest BCUT2D eigenvalue weighted by Gasteiger charge is 2.10. The molecule has 0 aliphatic rings. The SMILES string of the molecule is Cc1ccc(C(=O)O)cc1NC(=O)Nc1nnns1. The zero-order chi connectivity index (χ0) is 13.8. The Balaban J connectivity index is 2.11. The van der Waals surface area contributed by atoms with Crippen LogP contribution in [0.15, 0.2) is 18.2 Å². The molecule has 1 heterocycles. The maximum Gasteiger partial charge on any atom is 0.335 e. The van der Waals surface area contributed by atoms with E-state index in [9.17, 15) is 9.59 Å². The first-order valence-electron chi connectivity index (χ1n) is 5.13. The summed E-state index contributed by atoms with van der Waals surface area (Å²) in [6, 6.07) is 3.93. The number of carbonyl (C=O) groups is 2. The molecule has 3 N–H and O–H groups in total. The zero-order valence-corrected chi connectivity index (χ0v) is 10.6. The van der Waals surface area contributed by atoms with E-state index in [4.69, 9.17) is 5.11 Å². The number of carbonyl (C=O) groups excluding carboxylic acids is 1. The van der Waals surface area contributed by atoms with Crippen molar-refractivity contribution in [2.24, 2.45) is 0 Å². The van der Waals surface area contributed by atoms with Gasteiger partial charge in [0.15, 0.2) is 0 Å². The lowest BCUT2D eigenvalue weighted by molar-refractivity contribution is 0.0697. The number of carboxylic acid groups (broad SMARTS) is 1. The van der Waals surface area contributed by atoms with Gasteiger partial charge in [-0.25, -0.2) is 9.59 Å². The predicted octanol–water partition coefficient (Wildman–Crippen LogP) is 1.58. The zero-order valence-electron chi connectivity index (χ0n) is 9.75. The molecule has 2 aromatic rings. The monoisotopic (exact) mass is 279 g/mol. The number of aromatic carboxylic acids is 1. The molecule has 0 unspecified atom stereocenters. The van der Waals surface area contributed by atoms with Crippen LogP contribution in [0.3, 0.4) is 0 Å². The maximum absolute atomic E-state index is 11.7. The first-order valence-corrected chi connectivity index (χ1v) is 5.90. The van der Waals surface area contributed by atoms with Crippen LogP contribution < -0.4 is 10.6 Å². The number of amides is 2. The van der Waals surface area contributed by atoms with E-state index in [1.807, 2.05) is 0 Å². The Labute approximate surface area is 111 Å². The molecule has 0 aliphatic heterocycles. The molecule has 2 amide bonds. The van der Waals surface area contributed by atoms with Crippen LogP contribution in [0.4, 0.5) is 15.6 Å². The van der Waals surface area contributed by atoms with Gasteiger partial charge in [0.05, 0.1) is 5.56 Å². The van der Waals surface area contributed by atoms with Crippen molar-refractivity contribution in [1.29, 1.82) is 0 Å². The number of rotatable bonds is 3. The Hall–Kier alpha value is -2.55. The first-order chi connectivity index (χ1) is 9.06. The highest BCUT2D eigenvalue weighted by Crippen LogP contribution is 2.17. The lowest BCUT2D eigenvalue weighted by Gasteiger charge is -2.08. The van der Waals surface area contributed by atoms with Crippen molar-refractivity contribution in [2.45, 2.75) is 6.92 Å². The molecule has 0 saturated carbocycles. The average molecular weight is 279 g/mol. The summed E-state index contributed by atoms with van der Waals surface area (Å²) >= 11 is 0.936. The fourth-order valence-corrected chi connectivity index (χ4v) is 1.68. The van der Waals surface area contributed by atoms with Gasteiger partial charge in [0, 0.05) is 17.2 Å². The van der Waals surface area contributed by atoms with Gasteiger partial charge in [0.1, 0.15) is 0 Å². The van der Waals surface area contributed by atoms with Gasteiger partial charge in [0.2, 0.25) is 5.13 Å². The van der Waals surface area contributed by atoms with Crippen molar-refractivity contribution >= 4 is 34.4 Å². The summed E-state index contributed by atoms with van der Waals surface area (Å²) in [6.07, 6.45) is 0. The van der Waals surface area contributed by atoms with E-state index in [0.29, 0.717) is 5.69 Å². The standard InChI is InChI=1S/C10H9N5O3S/c1-5-2-3-6(8(16)17)4-7(5)11-9(18)12-10-13-14-15-19-10/h2-4H,1H3,(H,16,17)(H2,11,12,13,15,18).